The van der Waals surface area contributed by atoms with Gasteiger partial charge < -0.3 is 4.42 Å². The molecule has 0 N–H and O–H groups in total. The Morgan fingerprint density at radius 2 is 0.830 bits per heavy atom. The van der Waals surface area contributed by atoms with Gasteiger partial charge in [-0.25, -0.2) is 15.0 Å². The fourth-order valence-electron chi connectivity index (χ4n) is 7.16. The number of nitrogens with zero attached hydrogens (tertiary/aromatic N) is 3. The standard InChI is InChI=1S/C43H25N3O/c1-2-12-26(13-3-1)41-44-42(27-22-23-39-35(24-27)32-18-10-11-21-38(32)47-39)46-43(45-41)37-25-36-30-16-5-4-14-28(30)29-15-6-8-19-33(29)40(36)34-20-9-7-17-31(34)37/h1-25H. The summed E-state index contributed by atoms with van der Waals surface area (Å²) in [5.41, 5.74) is 4.53. The van der Waals surface area contributed by atoms with E-state index in [-0.39, 0.29) is 0 Å². The van der Waals surface area contributed by atoms with Gasteiger partial charge >= 0.3 is 0 Å². The summed E-state index contributed by atoms with van der Waals surface area (Å²) in [5, 5.41) is 11.8. The highest BCUT2D eigenvalue weighted by molar-refractivity contribution is 6.32. The summed E-state index contributed by atoms with van der Waals surface area (Å²) >= 11 is 0. The van der Waals surface area contributed by atoms with Crippen LogP contribution in [-0.2, 0) is 0 Å². The van der Waals surface area contributed by atoms with Crippen molar-refractivity contribution in [2.75, 3.05) is 0 Å². The molecule has 0 fully saturated rings. The predicted molar refractivity (Wildman–Crippen MR) is 193 cm³/mol. The maximum Gasteiger partial charge on any atom is 0.164 e. The van der Waals surface area contributed by atoms with Crippen molar-refractivity contribution in [3.63, 3.8) is 0 Å². The van der Waals surface area contributed by atoms with Crippen LogP contribution >= 0.6 is 0 Å². The Labute approximate surface area is 269 Å². The van der Waals surface area contributed by atoms with Gasteiger partial charge in [-0.2, -0.15) is 0 Å². The van der Waals surface area contributed by atoms with Crippen LogP contribution in [-0.4, -0.2) is 15.0 Å². The van der Waals surface area contributed by atoms with Crippen molar-refractivity contribution in [2.45, 2.75) is 0 Å². The van der Waals surface area contributed by atoms with Gasteiger partial charge in [0, 0.05) is 27.5 Å². The molecular weight excluding hydrogens is 574 g/mol. The second kappa shape index (κ2) is 10.1. The molecule has 2 heterocycles. The van der Waals surface area contributed by atoms with Gasteiger partial charge in [0.2, 0.25) is 0 Å². The topological polar surface area (TPSA) is 51.8 Å². The molecule has 4 nitrogen and oxygen atoms in total. The zero-order valence-electron chi connectivity index (χ0n) is 25.2. The molecule has 0 aliphatic carbocycles. The van der Waals surface area contributed by atoms with Crippen LogP contribution in [0.2, 0.25) is 0 Å². The molecule has 0 amide bonds. The minimum Gasteiger partial charge on any atom is -0.456 e. The zero-order chi connectivity index (χ0) is 30.9. The molecule has 0 atom stereocenters. The average molecular weight is 600 g/mol. The second-order valence-electron chi connectivity index (χ2n) is 12.0. The maximum atomic E-state index is 6.13. The largest absolute Gasteiger partial charge is 0.456 e. The van der Waals surface area contributed by atoms with Gasteiger partial charge in [-0.3, -0.25) is 0 Å². The summed E-state index contributed by atoms with van der Waals surface area (Å²) in [4.78, 5) is 15.4. The second-order valence-corrected chi connectivity index (χ2v) is 12.0. The molecule has 4 heteroatoms. The van der Waals surface area contributed by atoms with Crippen LogP contribution in [0.5, 0.6) is 0 Å². The van der Waals surface area contributed by atoms with E-state index in [1.54, 1.807) is 0 Å². The molecule has 10 aromatic rings. The summed E-state index contributed by atoms with van der Waals surface area (Å²) in [7, 11) is 0. The van der Waals surface area contributed by atoms with E-state index in [9.17, 15) is 0 Å². The minimum absolute atomic E-state index is 0.619. The molecule has 10 rings (SSSR count). The number of fused-ring (bicyclic) bond motifs is 11. The summed E-state index contributed by atoms with van der Waals surface area (Å²) in [6, 6.07) is 52.8. The van der Waals surface area contributed by atoms with Gasteiger partial charge in [0.05, 0.1) is 0 Å². The Morgan fingerprint density at radius 1 is 0.319 bits per heavy atom. The smallest absolute Gasteiger partial charge is 0.164 e. The molecule has 8 aromatic carbocycles. The Bertz CT molecular complexity index is 2850. The molecule has 0 aliphatic heterocycles. The summed E-state index contributed by atoms with van der Waals surface area (Å²) in [6.45, 7) is 0. The molecule has 218 valence electrons. The highest BCUT2D eigenvalue weighted by Crippen LogP contribution is 2.42. The first-order chi connectivity index (χ1) is 23.3. The Morgan fingerprint density at radius 3 is 1.57 bits per heavy atom. The van der Waals surface area contributed by atoms with Gasteiger partial charge in [0.15, 0.2) is 17.5 Å². The first kappa shape index (κ1) is 25.9. The van der Waals surface area contributed by atoms with Crippen LogP contribution in [0.4, 0.5) is 0 Å². The first-order valence-electron chi connectivity index (χ1n) is 15.8. The minimum atomic E-state index is 0.619. The van der Waals surface area contributed by atoms with Gasteiger partial charge in [0.25, 0.3) is 0 Å². The molecule has 0 spiro atoms. The number of aromatic nitrogens is 3. The van der Waals surface area contributed by atoms with Crippen LogP contribution < -0.4 is 0 Å². The van der Waals surface area contributed by atoms with E-state index in [1.165, 1.54) is 37.7 Å². The van der Waals surface area contributed by atoms with Crippen molar-refractivity contribution in [2.24, 2.45) is 0 Å². The van der Waals surface area contributed by atoms with Crippen molar-refractivity contribution >= 4 is 65.0 Å². The zero-order valence-corrected chi connectivity index (χ0v) is 25.2. The van der Waals surface area contributed by atoms with Crippen molar-refractivity contribution in [1.82, 2.24) is 15.0 Å². The van der Waals surface area contributed by atoms with Gasteiger partial charge in [-0.05, 0) is 73.4 Å². The van der Waals surface area contributed by atoms with Gasteiger partial charge in [0.1, 0.15) is 11.2 Å². The van der Waals surface area contributed by atoms with Crippen molar-refractivity contribution < 1.29 is 4.42 Å². The average Bonchev–Trinajstić information content (AvgIpc) is 3.52. The van der Waals surface area contributed by atoms with E-state index in [0.29, 0.717) is 17.5 Å². The molecule has 0 saturated carbocycles. The van der Waals surface area contributed by atoms with Crippen LogP contribution in [0.25, 0.3) is 99.2 Å². The molecule has 0 unspecified atom stereocenters. The fraction of sp³-hybridized carbons (Fsp3) is 0. The van der Waals surface area contributed by atoms with E-state index < -0.39 is 0 Å². The third kappa shape index (κ3) is 3.98. The van der Waals surface area contributed by atoms with Crippen molar-refractivity contribution in [1.29, 1.82) is 0 Å². The number of para-hydroxylation sites is 1. The van der Waals surface area contributed by atoms with Gasteiger partial charge in [-0.15, -0.1) is 0 Å². The molecular formula is C43H25N3O. The molecule has 0 saturated heterocycles. The van der Waals surface area contributed by atoms with Gasteiger partial charge in [-0.1, -0.05) is 121 Å². The van der Waals surface area contributed by atoms with E-state index in [4.69, 9.17) is 19.4 Å². The lowest BCUT2D eigenvalue weighted by atomic mass is 9.89. The van der Waals surface area contributed by atoms with E-state index in [2.05, 4.69) is 91.0 Å². The molecule has 0 radical (unpaired) electrons. The lowest BCUT2D eigenvalue weighted by Gasteiger charge is -2.16. The molecule has 0 aliphatic rings. The SMILES string of the molecule is c1ccc(-c2nc(-c3ccc4oc5ccccc5c4c3)nc(-c3cc4c5ccccc5c5ccccc5c4c4ccccc34)n2)cc1. The molecule has 47 heavy (non-hydrogen) atoms. The lowest BCUT2D eigenvalue weighted by molar-refractivity contribution is 0.669. The monoisotopic (exact) mass is 599 g/mol. The van der Waals surface area contributed by atoms with Crippen LogP contribution in [0.15, 0.2) is 156 Å². The van der Waals surface area contributed by atoms with Crippen LogP contribution in [0, 0.1) is 0 Å². The van der Waals surface area contributed by atoms with Crippen molar-refractivity contribution in [3.8, 4) is 34.2 Å². The highest BCUT2D eigenvalue weighted by atomic mass is 16.3. The summed E-state index contributed by atoms with van der Waals surface area (Å²) in [6.07, 6.45) is 0. The van der Waals surface area contributed by atoms with Crippen LogP contribution in [0.3, 0.4) is 0 Å². The quantitative estimate of drug-likeness (QED) is 0.190. The predicted octanol–water partition coefficient (Wildman–Crippen LogP) is 11.4. The van der Waals surface area contributed by atoms with Crippen LogP contribution in [0.1, 0.15) is 0 Å². The van der Waals surface area contributed by atoms with Crippen molar-refractivity contribution in [3.05, 3.63) is 152 Å². The van der Waals surface area contributed by atoms with E-state index in [0.717, 1.165) is 44.0 Å². The normalized spacial score (nSPS) is 11.8. The maximum absolute atomic E-state index is 6.13. The number of hydrogen-bond acceptors (Lipinski definition) is 4. The number of furan rings is 1. The van der Waals surface area contributed by atoms with E-state index >= 15 is 0 Å². The Kier molecular flexibility index (Phi) is 5.54. The molecule has 0 bridgehead atoms. The first-order valence-corrected chi connectivity index (χ1v) is 15.8. The summed E-state index contributed by atoms with van der Waals surface area (Å²) < 4.78 is 6.13. The lowest BCUT2D eigenvalue weighted by Crippen LogP contribution is -2.01. The highest BCUT2D eigenvalue weighted by Gasteiger charge is 2.19. The number of rotatable bonds is 3. The molecule has 2 aromatic heterocycles. The fourth-order valence-corrected chi connectivity index (χ4v) is 7.16. The number of hydrogen-bond donors (Lipinski definition) is 0. The van der Waals surface area contributed by atoms with E-state index in [1.807, 2.05) is 60.7 Å². The summed E-state index contributed by atoms with van der Waals surface area (Å²) in [5.74, 6) is 1.89. The Balaban J connectivity index is 1.30. The Hall–Kier alpha value is -6.39. The third-order valence-electron chi connectivity index (χ3n) is 9.29. The number of benzene rings is 8. The third-order valence-corrected chi connectivity index (χ3v) is 9.29.